The van der Waals surface area contributed by atoms with Crippen LogP contribution in [0.1, 0.15) is 28.0 Å². The van der Waals surface area contributed by atoms with E-state index < -0.39 is 6.09 Å². The summed E-state index contributed by atoms with van der Waals surface area (Å²) in [5, 5.41) is 15.8. The summed E-state index contributed by atoms with van der Waals surface area (Å²) in [4.78, 5) is 29.2. The Morgan fingerprint density at radius 3 is 3.00 bits per heavy atom. The molecule has 2 N–H and O–H groups in total. The van der Waals surface area contributed by atoms with Gasteiger partial charge in [0.25, 0.3) is 0 Å². The molecule has 9 heteroatoms. The molecule has 2 aromatic heterocycles. The van der Waals surface area contributed by atoms with Crippen LogP contribution in [0.2, 0.25) is 0 Å². The second kappa shape index (κ2) is 9.73. The third-order valence-corrected chi connectivity index (χ3v) is 6.41. The first-order chi connectivity index (χ1) is 15.1. The number of nitriles is 1. The van der Waals surface area contributed by atoms with E-state index in [0.29, 0.717) is 30.4 Å². The highest BCUT2D eigenvalue weighted by Crippen LogP contribution is 2.39. The second-order valence-corrected chi connectivity index (χ2v) is 8.62. The van der Waals surface area contributed by atoms with E-state index in [1.165, 1.54) is 17.4 Å². The van der Waals surface area contributed by atoms with Gasteiger partial charge in [0.2, 0.25) is 5.91 Å². The zero-order valence-electron chi connectivity index (χ0n) is 16.8. The van der Waals surface area contributed by atoms with Gasteiger partial charge in [-0.25, -0.2) is 4.79 Å². The summed E-state index contributed by atoms with van der Waals surface area (Å²) in [7, 11) is 0. The molecular weight excluding hydrogens is 416 g/mol. The van der Waals surface area contributed by atoms with Gasteiger partial charge in [0.1, 0.15) is 11.1 Å². The molecule has 2 aromatic rings. The highest BCUT2D eigenvalue weighted by atomic mass is 32.1. The molecule has 3 heterocycles. The quantitative estimate of drug-likeness (QED) is 0.671. The minimum Gasteiger partial charge on any atom is -0.449 e. The molecule has 0 bridgehead atoms. The number of carbonyl (C=O) groups is 2. The Balaban J connectivity index is 1.35. The Morgan fingerprint density at radius 1 is 1.42 bits per heavy atom. The van der Waals surface area contributed by atoms with Gasteiger partial charge in [-0.05, 0) is 48.4 Å². The maximum atomic E-state index is 12.3. The van der Waals surface area contributed by atoms with E-state index in [9.17, 15) is 14.9 Å². The number of carbonyl (C=O) groups excluding carboxylic acids is 2. The number of aromatic nitrogens is 1. The molecule has 8 nitrogen and oxygen atoms in total. The maximum absolute atomic E-state index is 12.3. The first-order valence-electron chi connectivity index (χ1n) is 10.1. The largest absolute Gasteiger partial charge is 0.449 e. The fourth-order valence-electron chi connectivity index (χ4n) is 3.52. The number of pyridine rings is 1. The van der Waals surface area contributed by atoms with Crippen molar-refractivity contribution in [1.29, 1.82) is 5.26 Å². The van der Waals surface area contributed by atoms with Gasteiger partial charge in [0, 0.05) is 23.3 Å². The lowest BCUT2D eigenvalue weighted by Gasteiger charge is -2.27. The molecule has 2 aliphatic rings. The molecule has 0 radical (unpaired) electrons. The number of nitrogens with zero attached hydrogens (tertiary/aromatic N) is 2. The summed E-state index contributed by atoms with van der Waals surface area (Å²) < 4.78 is 10.4. The number of amides is 2. The van der Waals surface area contributed by atoms with Crippen LogP contribution in [0.3, 0.4) is 0 Å². The van der Waals surface area contributed by atoms with Gasteiger partial charge in [-0.2, -0.15) is 5.26 Å². The van der Waals surface area contributed by atoms with Gasteiger partial charge in [0.05, 0.1) is 31.4 Å². The molecule has 31 heavy (non-hydrogen) atoms. The number of hydrogen-bond acceptors (Lipinski definition) is 7. The molecular formula is C22H22N4O4S. The summed E-state index contributed by atoms with van der Waals surface area (Å²) in [5.74, 6) is -0.106. The van der Waals surface area contributed by atoms with Crippen molar-refractivity contribution in [3.05, 3.63) is 52.2 Å². The number of rotatable bonds is 6. The molecule has 0 aromatic carbocycles. The fourth-order valence-corrected chi connectivity index (χ4v) is 4.84. The van der Waals surface area contributed by atoms with Gasteiger partial charge in [0.15, 0.2) is 0 Å². The maximum Gasteiger partial charge on any atom is 0.407 e. The topological polar surface area (TPSA) is 113 Å². The summed E-state index contributed by atoms with van der Waals surface area (Å²) in [5.41, 5.74) is 2.34. The number of fused-ring (bicyclic) bond motifs is 1. The highest BCUT2D eigenvalue weighted by Gasteiger charge is 2.28. The zero-order chi connectivity index (χ0) is 21.6. The molecule has 1 atom stereocenters. The van der Waals surface area contributed by atoms with Crippen molar-refractivity contribution >= 4 is 34.4 Å². The van der Waals surface area contributed by atoms with E-state index in [-0.39, 0.29) is 17.9 Å². The number of ether oxygens (including phenoxy) is 2. The van der Waals surface area contributed by atoms with Crippen LogP contribution in [-0.4, -0.2) is 42.8 Å². The summed E-state index contributed by atoms with van der Waals surface area (Å²) in [6.45, 7) is 1.38. The van der Waals surface area contributed by atoms with Crippen molar-refractivity contribution in [2.45, 2.75) is 25.3 Å². The van der Waals surface area contributed by atoms with E-state index in [0.717, 1.165) is 35.3 Å². The zero-order valence-corrected chi connectivity index (χ0v) is 17.6. The predicted octanol–water partition coefficient (Wildman–Crippen LogP) is 2.90. The van der Waals surface area contributed by atoms with Crippen molar-refractivity contribution in [2.24, 2.45) is 5.92 Å². The SMILES string of the molecule is N#Cc1c(NC(=O)/C=C/c2cccnc2)sc2c1CCC(COC(=O)NC1COC1)C2. The molecule has 4 rings (SSSR count). The molecule has 0 spiro atoms. The van der Waals surface area contributed by atoms with Crippen molar-refractivity contribution in [1.82, 2.24) is 10.3 Å². The first-order valence-corrected chi connectivity index (χ1v) is 10.9. The number of nitrogens with one attached hydrogen (secondary N) is 2. The number of hydrogen-bond donors (Lipinski definition) is 2. The van der Waals surface area contributed by atoms with Crippen LogP contribution < -0.4 is 10.6 Å². The Labute approximate surface area is 183 Å². The van der Waals surface area contributed by atoms with Gasteiger partial charge in [-0.1, -0.05) is 6.07 Å². The number of anilines is 1. The summed E-state index contributed by atoms with van der Waals surface area (Å²) >= 11 is 1.42. The van der Waals surface area contributed by atoms with E-state index in [1.807, 2.05) is 6.07 Å². The van der Waals surface area contributed by atoms with Crippen molar-refractivity contribution < 1.29 is 19.1 Å². The van der Waals surface area contributed by atoms with E-state index in [1.54, 1.807) is 24.5 Å². The van der Waals surface area contributed by atoms with Crippen LogP contribution in [0.4, 0.5) is 9.80 Å². The summed E-state index contributed by atoms with van der Waals surface area (Å²) in [6.07, 6.45) is 8.29. The lowest BCUT2D eigenvalue weighted by Crippen LogP contribution is -2.49. The van der Waals surface area contributed by atoms with Gasteiger partial charge in [-0.3, -0.25) is 9.78 Å². The molecule has 1 aliphatic heterocycles. The van der Waals surface area contributed by atoms with E-state index >= 15 is 0 Å². The number of thiophene rings is 1. The minimum absolute atomic E-state index is 0.0410. The molecule has 1 fully saturated rings. The Bertz CT molecular complexity index is 1020. The van der Waals surface area contributed by atoms with Crippen LogP contribution in [0.25, 0.3) is 6.08 Å². The van der Waals surface area contributed by atoms with Gasteiger partial charge < -0.3 is 20.1 Å². The van der Waals surface area contributed by atoms with Crippen LogP contribution in [0.5, 0.6) is 0 Å². The van der Waals surface area contributed by atoms with Crippen molar-refractivity contribution in [3.63, 3.8) is 0 Å². The summed E-state index contributed by atoms with van der Waals surface area (Å²) in [6, 6.07) is 5.92. The van der Waals surface area contributed by atoms with Gasteiger partial charge in [-0.15, -0.1) is 11.3 Å². The van der Waals surface area contributed by atoms with Crippen LogP contribution in [-0.2, 0) is 27.1 Å². The van der Waals surface area contributed by atoms with Crippen LogP contribution >= 0.6 is 11.3 Å². The smallest absolute Gasteiger partial charge is 0.407 e. The highest BCUT2D eigenvalue weighted by molar-refractivity contribution is 7.16. The Kier molecular flexibility index (Phi) is 6.60. The average Bonchev–Trinajstić information content (AvgIpc) is 3.10. The van der Waals surface area contributed by atoms with Crippen molar-refractivity contribution in [2.75, 3.05) is 25.1 Å². The molecule has 2 amide bonds. The third kappa shape index (κ3) is 5.29. The normalized spacial score (nSPS) is 18.0. The first kappa shape index (κ1) is 21.0. The Hall–Kier alpha value is -3.22. The molecule has 1 unspecified atom stereocenters. The lowest BCUT2D eigenvalue weighted by molar-refractivity contribution is -0.111. The minimum atomic E-state index is -0.420. The standard InChI is InChI=1S/C22H22N4O4S/c23-9-18-17-5-3-15(11-30-22(28)25-16-12-29-13-16)8-19(17)31-21(18)26-20(27)6-4-14-2-1-7-24-10-14/h1-2,4,6-7,10,15-16H,3,5,8,11-13H2,(H,25,28)(H,26,27)/b6-4+. The Morgan fingerprint density at radius 2 is 2.29 bits per heavy atom. The van der Waals surface area contributed by atoms with E-state index in [4.69, 9.17) is 9.47 Å². The van der Waals surface area contributed by atoms with Crippen LogP contribution in [0, 0.1) is 17.2 Å². The average molecular weight is 439 g/mol. The molecule has 160 valence electrons. The van der Waals surface area contributed by atoms with E-state index in [2.05, 4.69) is 21.7 Å². The third-order valence-electron chi connectivity index (χ3n) is 5.24. The van der Waals surface area contributed by atoms with Crippen molar-refractivity contribution in [3.8, 4) is 6.07 Å². The molecule has 0 saturated carbocycles. The molecule has 1 aliphatic carbocycles. The fraction of sp³-hybridized carbons (Fsp3) is 0.364. The number of alkyl carbamates (subject to hydrolysis) is 1. The second-order valence-electron chi connectivity index (χ2n) is 7.51. The molecule has 1 saturated heterocycles. The predicted molar refractivity (Wildman–Crippen MR) is 116 cm³/mol. The monoisotopic (exact) mass is 438 g/mol. The lowest BCUT2D eigenvalue weighted by atomic mass is 9.88. The van der Waals surface area contributed by atoms with Crippen LogP contribution in [0.15, 0.2) is 30.6 Å². The van der Waals surface area contributed by atoms with Gasteiger partial charge >= 0.3 is 6.09 Å².